The smallest absolute Gasteiger partial charge is 0.0840 e. The molecule has 280 valence electrons. The molecule has 0 aliphatic heterocycles. The predicted octanol–water partition coefficient (Wildman–Crippen LogP) is 1.21. The van der Waals surface area contributed by atoms with Crippen molar-refractivity contribution < 1.29 is 57.2 Å². The van der Waals surface area contributed by atoms with Crippen LogP contribution in [0.2, 0.25) is 0 Å². The first-order valence-corrected chi connectivity index (χ1v) is 16.6. The summed E-state index contributed by atoms with van der Waals surface area (Å²) in [4.78, 5) is 0. The van der Waals surface area contributed by atoms with Crippen LogP contribution in [0.15, 0.2) is 11.9 Å². The Balaban J connectivity index is -0.00000443. The number of aliphatic hydroxyl groups excluding tert-OH is 1. The maximum Gasteiger partial charge on any atom is 0.0840 e. The van der Waals surface area contributed by atoms with Gasteiger partial charge in [-0.3, -0.25) is 0 Å². The molecule has 0 bridgehead atoms. The minimum absolute atomic E-state index is 0.233. The number of hydrogen-bond acceptors (Lipinski definition) is 15. The molecule has 46 heavy (non-hydrogen) atoms. The predicted molar refractivity (Wildman–Crippen MR) is 178 cm³/mol. The zero-order valence-electron chi connectivity index (χ0n) is 29.6. The summed E-state index contributed by atoms with van der Waals surface area (Å²) in [5, 5.41) is 10.2. The van der Waals surface area contributed by atoms with E-state index in [0.717, 1.165) is 0 Å². The Bertz CT molecular complexity index is 555. The second kappa shape index (κ2) is 48.2. The molecule has 0 saturated carbocycles. The van der Waals surface area contributed by atoms with Gasteiger partial charge in [0.05, 0.1) is 158 Å². The highest BCUT2D eigenvalue weighted by molar-refractivity contribution is 4.94. The Labute approximate surface area is 278 Å². The van der Waals surface area contributed by atoms with Crippen LogP contribution >= 0.6 is 0 Å². The minimum Gasteiger partial charge on any atom is -0.399 e. The summed E-state index contributed by atoms with van der Waals surface area (Å²) in [6.45, 7) is 21.6. The third kappa shape index (κ3) is 47.2. The Hall–Kier alpha value is -1.18. The van der Waals surface area contributed by atoms with E-state index in [1.54, 1.807) is 0 Å². The van der Waals surface area contributed by atoms with Crippen LogP contribution in [-0.2, 0) is 52.1 Å². The van der Waals surface area contributed by atoms with Crippen molar-refractivity contribution in [2.45, 2.75) is 34.6 Å². The molecular formula is C31H69N3O12. The van der Waals surface area contributed by atoms with E-state index in [9.17, 15) is 0 Å². The SMILES string of the molecule is CC.CC.CCOCCOCCOCCOCCOCCOCCOCCOCCOCCOCCOCCN(N)/C=C(\N)CO. The maximum absolute atomic E-state index is 8.82. The highest BCUT2D eigenvalue weighted by Gasteiger charge is 1.98. The third-order valence-corrected chi connectivity index (χ3v) is 4.93. The van der Waals surface area contributed by atoms with Crippen molar-refractivity contribution in [1.82, 2.24) is 5.01 Å². The Morgan fingerprint density at radius 3 is 0.891 bits per heavy atom. The average molecular weight is 676 g/mol. The van der Waals surface area contributed by atoms with E-state index in [1.807, 2.05) is 34.6 Å². The van der Waals surface area contributed by atoms with Gasteiger partial charge in [0.2, 0.25) is 0 Å². The van der Waals surface area contributed by atoms with Gasteiger partial charge in [-0.05, 0) is 6.92 Å². The lowest BCUT2D eigenvalue weighted by Crippen LogP contribution is -2.30. The summed E-state index contributed by atoms with van der Waals surface area (Å²) in [6, 6.07) is 0. The van der Waals surface area contributed by atoms with Crippen molar-refractivity contribution in [2.24, 2.45) is 11.6 Å². The molecule has 5 N–H and O–H groups in total. The summed E-state index contributed by atoms with van der Waals surface area (Å²) in [5.74, 6) is 5.67. The van der Waals surface area contributed by atoms with Gasteiger partial charge in [-0.15, -0.1) is 0 Å². The third-order valence-electron chi connectivity index (χ3n) is 4.93. The molecule has 0 amide bonds. The number of rotatable bonds is 36. The van der Waals surface area contributed by atoms with E-state index >= 15 is 0 Å². The summed E-state index contributed by atoms with van der Waals surface area (Å²) in [5.41, 5.74) is 5.77. The summed E-state index contributed by atoms with van der Waals surface area (Å²) in [7, 11) is 0. The van der Waals surface area contributed by atoms with Crippen LogP contribution in [0.4, 0.5) is 0 Å². The Morgan fingerprint density at radius 2 is 0.674 bits per heavy atom. The van der Waals surface area contributed by atoms with E-state index in [0.29, 0.717) is 158 Å². The quantitative estimate of drug-likeness (QED) is 0.0490. The molecule has 0 fully saturated rings. The van der Waals surface area contributed by atoms with Crippen LogP contribution in [0.1, 0.15) is 34.6 Å². The number of ether oxygens (including phenoxy) is 11. The lowest BCUT2D eigenvalue weighted by molar-refractivity contribution is -0.0274. The fraction of sp³-hybridized carbons (Fsp3) is 0.935. The second-order valence-electron chi connectivity index (χ2n) is 8.42. The van der Waals surface area contributed by atoms with E-state index in [4.69, 9.17) is 68.8 Å². The largest absolute Gasteiger partial charge is 0.399 e. The zero-order chi connectivity index (χ0) is 34.6. The van der Waals surface area contributed by atoms with Gasteiger partial charge in [0.15, 0.2) is 0 Å². The van der Waals surface area contributed by atoms with Crippen molar-refractivity contribution in [2.75, 3.05) is 159 Å². The van der Waals surface area contributed by atoms with Crippen LogP contribution in [-0.4, -0.2) is 169 Å². The van der Waals surface area contributed by atoms with Gasteiger partial charge < -0.3 is 68.0 Å². The molecule has 15 nitrogen and oxygen atoms in total. The molecule has 0 atom stereocenters. The molecule has 0 radical (unpaired) electrons. The van der Waals surface area contributed by atoms with Crippen molar-refractivity contribution in [3.63, 3.8) is 0 Å². The van der Waals surface area contributed by atoms with E-state index < -0.39 is 0 Å². The number of nitrogens with two attached hydrogens (primary N) is 2. The number of hydrogen-bond donors (Lipinski definition) is 3. The molecule has 0 saturated heterocycles. The molecule has 0 heterocycles. The second-order valence-corrected chi connectivity index (χ2v) is 8.42. The Morgan fingerprint density at radius 1 is 0.457 bits per heavy atom. The first-order valence-electron chi connectivity index (χ1n) is 16.6. The normalized spacial score (nSPS) is 11.2. The van der Waals surface area contributed by atoms with Crippen molar-refractivity contribution in [3.8, 4) is 0 Å². The number of hydrazine groups is 1. The fourth-order valence-electron chi connectivity index (χ4n) is 2.83. The molecule has 0 unspecified atom stereocenters. The number of nitrogens with zero attached hydrogens (tertiary/aromatic N) is 1. The van der Waals surface area contributed by atoms with E-state index in [2.05, 4.69) is 0 Å². The van der Waals surface area contributed by atoms with E-state index in [1.165, 1.54) is 11.2 Å². The molecule has 0 spiro atoms. The molecule has 15 heteroatoms. The summed E-state index contributed by atoms with van der Waals surface area (Å²) >= 11 is 0. The van der Waals surface area contributed by atoms with Gasteiger partial charge in [0.25, 0.3) is 0 Å². The van der Waals surface area contributed by atoms with Crippen LogP contribution in [0, 0.1) is 0 Å². The first kappa shape index (κ1) is 49.2. The van der Waals surface area contributed by atoms with Gasteiger partial charge in [0.1, 0.15) is 0 Å². The van der Waals surface area contributed by atoms with Gasteiger partial charge in [-0.1, -0.05) is 27.7 Å². The lowest BCUT2D eigenvalue weighted by atomic mass is 10.5. The van der Waals surface area contributed by atoms with Crippen molar-refractivity contribution >= 4 is 0 Å². The molecule has 0 aliphatic carbocycles. The summed E-state index contributed by atoms with van der Waals surface area (Å²) < 4.78 is 59.5. The Kier molecular flexibility index (Phi) is 51.6. The zero-order valence-corrected chi connectivity index (χ0v) is 29.6. The highest BCUT2D eigenvalue weighted by atomic mass is 16.6. The van der Waals surface area contributed by atoms with Crippen LogP contribution in [0.25, 0.3) is 0 Å². The van der Waals surface area contributed by atoms with Crippen molar-refractivity contribution in [3.05, 3.63) is 11.9 Å². The molecule has 0 aliphatic rings. The fourth-order valence-corrected chi connectivity index (χ4v) is 2.83. The van der Waals surface area contributed by atoms with Crippen molar-refractivity contribution in [1.29, 1.82) is 0 Å². The maximum atomic E-state index is 8.82. The molecule has 0 rings (SSSR count). The molecular weight excluding hydrogens is 606 g/mol. The van der Waals surface area contributed by atoms with Gasteiger partial charge in [0, 0.05) is 12.8 Å². The first-order chi connectivity index (χ1) is 22.7. The minimum atomic E-state index is -0.233. The van der Waals surface area contributed by atoms with Gasteiger partial charge >= 0.3 is 0 Å². The molecule has 0 aromatic rings. The molecule has 0 aromatic carbocycles. The van der Waals surface area contributed by atoms with Crippen LogP contribution in [0.3, 0.4) is 0 Å². The van der Waals surface area contributed by atoms with Crippen LogP contribution in [0.5, 0.6) is 0 Å². The lowest BCUT2D eigenvalue weighted by Gasteiger charge is -2.14. The van der Waals surface area contributed by atoms with Gasteiger partial charge in [-0.25, -0.2) is 5.84 Å². The van der Waals surface area contributed by atoms with Crippen LogP contribution < -0.4 is 11.6 Å². The van der Waals surface area contributed by atoms with E-state index in [-0.39, 0.29) is 6.61 Å². The molecule has 0 aromatic heterocycles. The average Bonchev–Trinajstić information content (AvgIpc) is 3.08. The topological polar surface area (TPSA) is 177 Å². The number of aliphatic hydroxyl groups is 1. The highest BCUT2D eigenvalue weighted by Crippen LogP contribution is 1.89. The standard InChI is InChI=1S/C27H57N3O12.2C2H6/c1-2-32-5-6-34-9-10-36-13-14-38-17-18-40-21-22-42-24-23-41-20-19-39-16-15-37-12-11-35-8-7-33-4-3-30(29)25-27(28)26-31;2*1-2/h25,31H,2-24,26,28-29H2,1H3;2*1-2H3/b27-25-;;. The van der Waals surface area contributed by atoms with Gasteiger partial charge in [-0.2, -0.15) is 0 Å². The summed E-state index contributed by atoms with van der Waals surface area (Å²) in [6.07, 6.45) is 1.47. The monoisotopic (exact) mass is 675 g/mol.